The Kier molecular flexibility index (Phi) is 12.5. The number of piperidine rings is 1. The molecule has 4 nitrogen and oxygen atoms in total. The summed E-state index contributed by atoms with van der Waals surface area (Å²) in [7, 11) is 2.06. The van der Waals surface area contributed by atoms with Gasteiger partial charge in [-0.3, -0.25) is 9.59 Å². The number of Topliss-reactive ketones (excluding diaryl/α,β-unsaturated/α-hetero) is 1. The number of rotatable bonds is 17. The number of unbranched alkanes of at least 4 members (excludes halogenated alkanes) is 12. The molecule has 9 atom stereocenters. The molecule has 1 heterocycles. The van der Waals surface area contributed by atoms with Crippen LogP contribution in [0.5, 0.6) is 0 Å². The molecule has 4 rings (SSSR count). The SMILES string of the molecule is CCCCCCCCCCCCCCCC(=O)C(N)C(C)[C@H]1CC[C@H]2[C@@H]3CC[C@H]4N(C)C(=O)CC[C@]4(C)[C@H]3CC[C@]12C. The lowest BCUT2D eigenvalue weighted by molar-refractivity contribution is -0.159. The van der Waals surface area contributed by atoms with Gasteiger partial charge in [0, 0.05) is 25.9 Å². The molecular weight excluding hydrogens is 516 g/mol. The highest BCUT2D eigenvalue weighted by Gasteiger charge is 2.61. The number of fused-ring (bicyclic) bond motifs is 5. The van der Waals surface area contributed by atoms with Crippen molar-refractivity contribution in [1.82, 2.24) is 4.90 Å². The maximum Gasteiger partial charge on any atom is 0.222 e. The second kappa shape index (κ2) is 15.4. The van der Waals surface area contributed by atoms with E-state index in [4.69, 9.17) is 5.73 Å². The van der Waals surface area contributed by atoms with Gasteiger partial charge in [0.05, 0.1) is 6.04 Å². The number of ketones is 1. The number of hydrogen-bond acceptors (Lipinski definition) is 3. The second-order valence-electron chi connectivity index (χ2n) is 16.1. The first-order chi connectivity index (χ1) is 20.1. The monoisotopic (exact) mass is 585 g/mol. The summed E-state index contributed by atoms with van der Waals surface area (Å²) in [6, 6.07) is 0.128. The molecule has 242 valence electrons. The first-order valence-corrected chi connectivity index (χ1v) is 18.7. The topological polar surface area (TPSA) is 63.4 Å². The zero-order chi connectivity index (χ0) is 30.3. The van der Waals surface area contributed by atoms with E-state index in [-0.39, 0.29) is 17.4 Å². The maximum atomic E-state index is 13.2. The van der Waals surface area contributed by atoms with E-state index in [2.05, 4.69) is 39.6 Å². The Hall–Kier alpha value is -0.900. The second-order valence-corrected chi connectivity index (χ2v) is 16.1. The van der Waals surface area contributed by atoms with Crippen molar-refractivity contribution in [2.75, 3.05) is 7.05 Å². The summed E-state index contributed by atoms with van der Waals surface area (Å²) in [4.78, 5) is 27.8. The molecule has 4 fully saturated rings. The van der Waals surface area contributed by atoms with Crippen molar-refractivity contribution in [3.8, 4) is 0 Å². The highest BCUT2D eigenvalue weighted by atomic mass is 16.2. The number of carbonyl (C=O) groups excluding carboxylic acids is 2. The molecule has 1 aliphatic heterocycles. The molecule has 0 aromatic rings. The molecule has 3 aliphatic carbocycles. The molecule has 1 saturated heterocycles. The number of nitrogens with two attached hydrogens (primary N) is 1. The van der Waals surface area contributed by atoms with Gasteiger partial charge in [-0.1, -0.05) is 105 Å². The fourth-order valence-corrected chi connectivity index (χ4v) is 11.1. The molecular formula is C38H68N2O2. The van der Waals surface area contributed by atoms with Crippen LogP contribution in [0.1, 0.15) is 169 Å². The van der Waals surface area contributed by atoms with E-state index < -0.39 is 0 Å². The minimum absolute atomic E-state index is 0.274. The molecule has 0 aromatic heterocycles. The number of likely N-dealkylation sites (tertiary alicyclic amines) is 1. The van der Waals surface area contributed by atoms with Gasteiger partial charge in [-0.05, 0) is 91.8 Å². The van der Waals surface area contributed by atoms with E-state index in [1.54, 1.807) is 0 Å². The molecule has 2 unspecified atom stereocenters. The Balaban J connectivity index is 1.17. The van der Waals surface area contributed by atoms with Gasteiger partial charge in [-0.2, -0.15) is 0 Å². The van der Waals surface area contributed by atoms with Crippen LogP contribution in [0.15, 0.2) is 0 Å². The third-order valence-electron chi connectivity index (χ3n) is 13.7. The Morgan fingerprint density at radius 2 is 1.38 bits per heavy atom. The molecule has 0 spiro atoms. The van der Waals surface area contributed by atoms with Gasteiger partial charge in [-0.15, -0.1) is 0 Å². The van der Waals surface area contributed by atoms with Crippen LogP contribution in [0.2, 0.25) is 0 Å². The van der Waals surface area contributed by atoms with Gasteiger partial charge < -0.3 is 10.6 Å². The van der Waals surface area contributed by atoms with Crippen molar-refractivity contribution in [1.29, 1.82) is 0 Å². The van der Waals surface area contributed by atoms with Gasteiger partial charge in [0.15, 0.2) is 0 Å². The van der Waals surface area contributed by atoms with Crippen molar-refractivity contribution >= 4 is 11.7 Å². The first-order valence-electron chi connectivity index (χ1n) is 18.7. The molecule has 4 aliphatic rings. The summed E-state index contributed by atoms with van der Waals surface area (Å²) in [5.74, 6) is 3.78. The van der Waals surface area contributed by atoms with Crippen LogP contribution in [-0.4, -0.2) is 35.7 Å². The zero-order valence-corrected chi connectivity index (χ0v) is 28.4. The van der Waals surface area contributed by atoms with E-state index in [1.807, 2.05) is 0 Å². The Labute approximate surface area is 260 Å². The lowest BCUT2D eigenvalue weighted by Gasteiger charge is -2.62. The third kappa shape index (κ3) is 7.31. The van der Waals surface area contributed by atoms with Crippen LogP contribution in [0, 0.1) is 40.4 Å². The fraction of sp³-hybridized carbons (Fsp3) is 0.947. The molecule has 2 N–H and O–H groups in total. The van der Waals surface area contributed by atoms with Crippen molar-refractivity contribution in [3.63, 3.8) is 0 Å². The van der Waals surface area contributed by atoms with Gasteiger partial charge in [0.25, 0.3) is 0 Å². The minimum atomic E-state index is -0.299. The molecule has 1 amide bonds. The van der Waals surface area contributed by atoms with E-state index in [0.717, 1.165) is 37.0 Å². The number of carbonyl (C=O) groups is 2. The van der Waals surface area contributed by atoms with Crippen molar-refractivity contribution < 1.29 is 9.59 Å². The molecule has 4 heteroatoms. The van der Waals surface area contributed by atoms with Crippen LogP contribution >= 0.6 is 0 Å². The minimum Gasteiger partial charge on any atom is -0.342 e. The van der Waals surface area contributed by atoms with Crippen molar-refractivity contribution in [2.24, 2.45) is 46.2 Å². The quantitative estimate of drug-likeness (QED) is 0.173. The largest absolute Gasteiger partial charge is 0.342 e. The van der Waals surface area contributed by atoms with E-state index in [0.29, 0.717) is 35.5 Å². The van der Waals surface area contributed by atoms with Crippen LogP contribution in [0.25, 0.3) is 0 Å². The lowest BCUT2D eigenvalue weighted by atomic mass is 9.46. The van der Waals surface area contributed by atoms with Gasteiger partial charge in [-0.25, -0.2) is 0 Å². The highest BCUT2D eigenvalue weighted by Crippen LogP contribution is 2.67. The fourth-order valence-electron chi connectivity index (χ4n) is 11.1. The molecule has 3 saturated carbocycles. The standard InChI is InChI=1S/C38H68N2O2/c1-6-7-8-9-10-11-12-13-14-15-16-17-18-19-33(41)36(39)28(2)30-21-22-31-29-20-23-34-38(4,27-25-35(42)40(34)5)32(29)24-26-37(30,31)3/h28-32,34,36H,6-27,39H2,1-5H3/t28?,29-,30+,31-,32-,34+,36?,37+,38+/m0/s1. The molecule has 0 radical (unpaired) electrons. The summed E-state index contributed by atoms with van der Waals surface area (Å²) >= 11 is 0. The van der Waals surface area contributed by atoms with Gasteiger partial charge >= 0.3 is 0 Å². The third-order valence-corrected chi connectivity index (χ3v) is 13.7. The van der Waals surface area contributed by atoms with Crippen LogP contribution in [-0.2, 0) is 9.59 Å². The van der Waals surface area contributed by atoms with E-state index in [9.17, 15) is 9.59 Å². The van der Waals surface area contributed by atoms with Crippen LogP contribution in [0.3, 0.4) is 0 Å². The Morgan fingerprint density at radius 3 is 2.00 bits per heavy atom. The average Bonchev–Trinajstić information content (AvgIpc) is 3.34. The van der Waals surface area contributed by atoms with Crippen LogP contribution in [0.4, 0.5) is 0 Å². The Morgan fingerprint density at radius 1 is 0.810 bits per heavy atom. The predicted octanol–water partition coefficient (Wildman–Crippen LogP) is 9.48. The predicted molar refractivity (Wildman–Crippen MR) is 176 cm³/mol. The van der Waals surface area contributed by atoms with Gasteiger partial charge in [0.2, 0.25) is 5.91 Å². The average molecular weight is 585 g/mol. The molecule has 0 bridgehead atoms. The smallest absolute Gasteiger partial charge is 0.222 e. The van der Waals surface area contributed by atoms with Crippen LogP contribution < -0.4 is 5.73 Å². The first kappa shape index (κ1) is 34.0. The number of nitrogens with zero attached hydrogens (tertiary/aromatic N) is 1. The summed E-state index contributed by atoms with van der Waals surface area (Å²) in [6.07, 6.45) is 27.4. The summed E-state index contributed by atoms with van der Waals surface area (Å²) in [5, 5.41) is 0. The van der Waals surface area contributed by atoms with Gasteiger partial charge in [0.1, 0.15) is 5.78 Å². The summed E-state index contributed by atoms with van der Waals surface area (Å²) in [6.45, 7) is 9.67. The van der Waals surface area contributed by atoms with E-state index >= 15 is 0 Å². The maximum absolute atomic E-state index is 13.2. The van der Waals surface area contributed by atoms with E-state index in [1.165, 1.54) is 116 Å². The highest BCUT2D eigenvalue weighted by molar-refractivity contribution is 5.84. The zero-order valence-electron chi connectivity index (χ0n) is 28.4. The Bertz CT molecular complexity index is 873. The normalized spacial score (nSPS) is 35.8. The van der Waals surface area contributed by atoms with Crippen molar-refractivity contribution in [2.45, 2.75) is 181 Å². The number of hydrogen-bond donors (Lipinski definition) is 1. The lowest BCUT2D eigenvalue weighted by Crippen LogP contribution is -2.61. The van der Waals surface area contributed by atoms with Crippen molar-refractivity contribution in [3.05, 3.63) is 0 Å². The number of amides is 1. The molecule has 0 aromatic carbocycles. The summed E-state index contributed by atoms with van der Waals surface area (Å²) in [5.41, 5.74) is 7.34. The summed E-state index contributed by atoms with van der Waals surface area (Å²) < 4.78 is 0. The molecule has 42 heavy (non-hydrogen) atoms.